The molecule has 2 aromatic rings. The fourth-order valence-corrected chi connectivity index (χ4v) is 5.01. The van der Waals surface area contributed by atoms with Gasteiger partial charge in [0, 0.05) is 18.2 Å². The van der Waals surface area contributed by atoms with E-state index in [-0.39, 0.29) is 0 Å². The molecule has 0 amide bonds. The lowest BCUT2D eigenvalue weighted by Crippen LogP contribution is -2.25. The highest BCUT2D eigenvalue weighted by molar-refractivity contribution is 5.87. The molecule has 2 saturated carbocycles. The molecule has 2 fully saturated rings. The van der Waals surface area contributed by atoms with Gasteiger partial charge >= 0.3 is 0 Å². The number of benzene rings is 2. The highest BCUT2D eigenvalue weighted by Crippen LogP contribution is 2.44. The number of ketones is 1. The van der Waals surface area contributed by atoms with Crippen molar-refractivity contribution < 1.29 is 13.6 Å². The lowest BCUT2D eigenvalue weighted by molar-refractivity contribution is -0.121. The van der Waals surface area contributed by atoms with Gasteiger partial charge in [0.25, 0.3) is 0 Å². The van der Waals surface area contributed by atoms with Gasteiger partial charge in [-0.1, -0.05) is 24.3 Å². The summed E-state index contributed by atoms with van der Waals surface area (Å²) in [5, 5.41) is 1.25. The molecule has 0 aliphatic heterocycles. The molecule has 2 aliphatic carbocycles. The maximum atomic E-state index is 14.1. The highest BCUT2D eigenvalue weighted by Gasteiger charge is 2.31. The average molecular weight is 342 g/mol. The molecule has 3 heteroatoms. The molecule has 0 atom stereocenters. The molecule has 0 bridgehead atoms. The van der Waals surface area contributed by atoms with Crippen molar-refractivity contribution in [3.8, 4) is 0 Å². The first-order chi connectivity index (χ1) is 12.1. The van der Waals surface area contributed by atoms with Crippen LogP contribution in [0.25, 0.3) is 10.8 Å². The van der Waals surface area contributed by atoms with Crippen LogP contribution in [-0.2, 0) is 4.79 Å². The lowest BCUT2D eigenvalue weighted by Gasteiger charge is -2.36. The summed E-state index contributed by atoms with van der Waals surface area (Å²) in [6.45, 7) is 0. The van der Waals surface area contributed by atoms with E-state index in [1.165, 1.54) is 18.9 Å². The first-order valence-corrected chi connectivity index (χ1v) is 9.52. The minimum atomic E-state index is -0.778. The van der Waals surface area contributed by atoms with Gasteiger partial charge in [0.1, 0.15) is 5.78 Å². The number of fused-ring (bicyclic) bond motifs is 1. The van der Waals surface area contributed by atoms with Crippen molar-refractivity contribution in [1.82, 2.24) is 0 Å². The van der Waals surface area contributed by atoms with Crippen LogP contribution in [0.3, 0.4) is 0 Å². The molecule has 4 rings (SSSR count). The number of halogens is 2. The quantitative estimate of drug-likeness (QED) is 0.639. The van der Waals surface area contributed by atoms with Crippen molar-refractivity contribution in [2.75, 3.05) is 0 Å². The summed E-state index contributed by atoms with van der Waals surface area (Å²) in [7, 11) is 0. The Kier molecular flexibility index (Phi) is 4.58. The normalized spacial score (nSPS) is 25.4. The number of carbonyl (C=O) groups is 1. The van der Waals surface area contributed by atoms with Crippen LogP contribution in [0.5, 0.6) is 0 Å². The summed E-state index contributed by atoms with van der Waals surface area (Å²) in [4.78, 5) is 11.4. The Morgan fingerprint density at radius 2 is 1.44 bits per heavy atom. The second kappa shape index (κ2) is 6.86. The SMILES string of the molecule is O=C1CCC(C2CCC(c3cccc4c(F)c(F)ccc34)CC2)CC1. The first-order valence-electron chi connectivity index (χ1n) is 9.52. The monoisotopic (exact) mass is 342 g/mol. The minimum Gasteiger partial charge on any atom is -0.300 e. The topological polar surface area (TPSA) is 17.1 Å². The Bertz CT molecular complexity index is 780. The predicted octanol–water partition coefficient (Wildman–Crippen LogP) is 6.15. The molecule has 2 aliphatic rings. The molecule has 0 saturated heterocycles. The minimum absolute atomic E-state index is 0.394. The van der Waals surface area contributed by atoms with E-state index in [1.54, 1.807) is 12.1 Å². The zero-order chi connectivity index (χ0) is 17.4. The summed E-state index contributed by atoms with van der Waals surface area (Å²) >= 11 is 0. The highest BCUT2D eigenvalue weighted by atomic mass is 19.2. The van der Waals surface area contributed by atoms with E-state index in [0.29, 0.717) is 23.0 Å². The second-order valence-corrected chi connectivity index (χ2v) is 7.79. The molecular formula is C22H24F2O. The molecule has 0 radical (unpaired) electrons. The van der Waals surface area contributed by atoms with E-state index < -0.39 is 11.6 Å². The van der Waals surface area contributed by atoms with Crippen LogP contribution in [0, 0.1) is 23.5 Å². The fourth-order valence-electron chi connectivity index (χ4n) is 5.01. The van der Waals surface area contributed by atoms with Gasteiger partial charge in [0.05, 0.1) is 0 Å². The van der Waals surface area contributed by atoms with Crippen molar-refractivity contribution in [1.29, 1.82) is 0 Å². The molecule has 132 valence electrons. The molecule has 0 spiro atoms. The zero-order valence-corrected chi connectivity index (χ0v) is 14.4. The molecular weight excluding hydrogens is 318 g/mol. The van der Waals surface area contributed by atoms with Crippen molar-refractivity contribution in [2.45, 2.75) is 57.3 Å². The second-order valence-electron chi connectivity index (χ2n) is 7.79. The van der Waals surface area contributed by atoms with Gasteiger partial charge < -0.3 is 0 Å². The van der Waals surface area contributed by atoms with Crippen LogP contribution in [0.2, 0.25) is 0 Å². The Labute approximate surface area is 147 Å². The Morgan fingerprint density at radius 1 is 0.760 bits per heavy atom. The number of rotatable bonds is 2. The van der Waals surface area contributed by atoms with Gasteiger partial charge in [0.15, 0.2) is 11.6 Å². The standard InChI is InChI=1S/C22H24F2O/c23-21-13-12-19-18(2-1-3-20(19)22(21)24)16-6-4-14(5-7-16)15-8-10-17(25)11-9-15/h1-3,12-16H,4-11H2. The van der Waals surface area contributed by atoms with Gasteiger partial charge in [0.2, 0.25) is 0 Å². The van der Waals surface area contributed by atoms with E-state index in [9.17, 15) is 13.6 Å². The molecule has 0 heterocycles. The van der Waals surface area contributed by atoms with E-state index in [4.69, 9.17) is 0 Å². The van der Waals surface area contributed by atoms with Gasteiger partial charge in [-0.05, 0) is 73.3 Å². The smallest absolute Gasteiger partial charge is 0.166 e. The maximum absolute atomic E-state index is 14.1. The van der Waals surface area contributed by atoms with Crippen molar-refractivity contribution >= 4 is 16.6 Å². The maximum Gasteiger partial charge on any atom is 0.166 e. The summed E-state index contributed by atoms with van der Waals surface area (Å²) in [5.41, 5.74) is 1.16. The van der Waals surface area contributed by atoms with Crippen LogP contribution in [0.1, 0.15) is 62.8 Å². The van der Waals surface area contributed by atoms with Crippen molar-refractivity contribution in [2.24, 2.45) is 11.8 Å². The fraction of sp³-hybridized carbons (Fsp3) is 0.500. The Balaban J connectivity index is 1.50. The Morgan fingerprint density at radius 3 is 2.16 bits per heavy atom. The molecule has 2 aromatic carbocycles. The molecule has 25 heavy (non-hydrogen) atoms. The number of carbonyl (C=O) groups excluding carboxylic acids is 1. The van der Waals surface area contributed by atoms with E-state index in [0.717, 1.165) is 55.4 Å². The van der Waals surface area contributed by atoms with Crippen LogP contribution < -0.4 is 0 Å². The van der Waals surface area contributed by atoms with Crippen LogP contribution in [-0.4, -0.2) is 5.78 Å². The lowest BCUT2D eigenvalue weighted by atomic mass is 9.69. The van der Waals surface area contributed by atoms with E-state index >= 15 is 0 Å². The number of hydrogen-bond donors (Lipinski definition) is 0. The van der Waals surface area contributed by atoms with Crippen molar-refractivity contribution in [3.05, 3.63) is 47.5 Å². The van der Waals surface area contributed by atoms with E-state index in [2.05, 4.69) is 6.07 Å². The van der Waals surface area contributed by atoms with Crippen LogP contribution in [0.4, 0.5) is 8.78 Å². The first kappa shape index (κ1) is 16.7. The molecule has 1 nitrogen and oxygen atoms in total. The predicted molar refractivity (Wildman–Crippen MR) is 95.5 cm³/mol. The zero-order valence-electron chi connectivity index (χ0n) is 14.4. The summed E-state index contributed by atoms with van der Waals surface area (Å²) in [6.07, 6.45) is 8.23. The van der Waals surface area contributed by atoms with Gasteiger partial charge in [-0.15, -0.1) is 0 Å². The van der Waals surface area contributed by atoms with Gasteiger partial charge in [-0.2, -0.15) is 0 Å². The third-order valence-electron chi connectivity index (χ3n) is 6.45. The molecule has 0 aromatic heterocycles. The summed E-state index contributed by atoms with van der Waals surface area (Å²) < 4.78 is 27.6. The largest absolute Gasteiger partial charge is 0.300 e. The van der Waals surface area contributed by atoms with Gasteiger partial charge in [-0.25, -0.2) is 8.78 Å². The van der Waals surface area contributed by atoms with Crippen LogP contribution in [0.15, 0.2) is 30.3 Å². The number of Topliss-reactive ketones (excluding diaryl/α,β-unsaturated/α-hetero) is 1. The third-order valence-corrected chi connectivity index (χ3v) is 6.45. The average Bonchev–Trinajstić information content (AvgIpc) is 2.65. The number of hydrogen-bond acceptors (Lipinski definition) is 1. The van der Waals surface area contributed by atoms with E-state index in [1.807, 2.05) is 6.07 Å². The van der Waals surface area contributed by atoms with Gasteiger partial charge in [-0.3, -0.25) is 4.79 Å². The van der Waals surface area contributed by atoms with Crippen molar-refractivity contribution in [3.63, 3.8) is 0 Å². The molecule has 0 N–H and O–H groups in total. The summed E-state index contributed by atoms with van der Waals surface area (Å²) in [6, 6.07) is 8.55. The Hall–Kier alpha value is -1.77. The third kappa shape index (κ3) is 3.21. The summed E-state index contributed by atoms with van der Waals surface area (Å²) in [5.74, 6) is 0.774. The molecule has 0 unspecified atom stereocenters. The van der Waals surface area contributed by atoms with Crippen LogP contribution >= 0.6 is 0 Å².